The number of aliphatic hydroxyl groups excluding tert-OH is 1. The molecule has 1 unspecified atom stereocenters. The van der Waals surface area contributed by atoms with Crippen molar-refractivity contribution in [2.45, 2.75) is 40.0 Å². The Morgan fingerprint density at radius 2 is 1.95 bits per heavy atom. The molecule has 1 heterocycles. The zero-order valence-electron chi connectivity index (χ0n) is 13.5. The highest BCUT2D eigenvalue weighted by molar-refractivity contribution is 5.43. The van der Waals surface area contributed by atoms with Crippen LogP contribution in [0.5, 0.6) is 5.75 Å². The van der Waals surface area contributed by atoms with Crippen molar-refractivity contribution >= 4 is 0 Å². The van der Waals surface area contributed by atoms with Crippen LogP contribution in [0, 0.1) is 13.8 Å². The fourth-order valence-corrected chi connectivity index (χ4v) is 2.42. The van der Waals surface area contributed by atoms with E-state index in [4.69, 9.17) is 4.74 Å². The summed E-state index contributed by atoms with van der Waals surface area (Å²) < 4.78 is 5.93. The first kappa shape index (κ1) is 16.5. The molecule has 0 aliphatic rings. The van der Waals surface area contributed by atoms with Gasteiger partial charge >= 0.3 is 0 Å². The number of hydrogen-bond donors (Lipinski definition) is 2. The van der Waals surface area contributed by atoms with E-state index >= 15 is 0 Å². The first-order valence-corrected chi connectivity index (χ1v) is 7.58. The Morgan fingerprint density at radius 3 is 2.55 bits per heavy atom. The molecule has 0 bridgehead atoms. The van der Waals surface area contributed by atoms with Gasteiger partial charge in [0.15, 0.2) is 0 Å². The van der Waals surface area contributed by atoms with Gasteiger partial charge in [0.05, 0.1) is 11.8 Å². The van der Waals surface area contributed by atoms with Crippen LogP contribution < -0.4 is 10.1 Å². The number of benzene rings is 1. The topological polar surface area (TPSA) is 54.4 Å². The maximum atomic E-state index is 9.27. The summed E-state index contributed by atoms with van der Waals surface area (Å²) in [6, 6.07) is 10.1. The lowest BCUT2D eigenvalue weighted by Gasteiger charge is -2.14. The SMILES string of the molecule is Cc1cc(CNCC(C)O)cc(C)c1OCc1ccccn1. The highest BCUT2D eigenvalue weighted by Crippen LogP contribution is 2.25. The summed E-state index contributed by atoms with van der Waals surface area (Å²) >= 11 is 0. The highest BCUT2D eigenvalue weighted by Gasteiger charge is 2.07. The molecule has 0 saturated heterocycles. The molecule has 2 N–H and O–H groups in total. The fourth-order valence-electron chi connectivity index (χ4n) is 2.42. The standard InChI is InChI=1S/C18H24N2O2/c1-13-8-16(11-19-10-15(3)21)9-14(2)18(13)22-12-17-6-4-5-7-20-17/h4-9,15,19,21H,10-12H2,1-3H3. The first-order valence-electron chi connectivity index (χ1n) is 7.58. The van der Waals surface area contributed by atoms with Crippen molar-refractivity contribution in [3.05, 3.63) is 58.9 Å². The summed E-state index contributed by atoms with van der Waals surface area (Å²) in [7, 11) is 0. The van der Waals surface area contributed by atoms with E-state index < -0.39 is 0 Å². The molecule has 0 saturated carbocycles. The van der Waals surface area contributed by atoms with Crippen LogP contribution in [0.25, 0.3) is 0 Å². The Labute approximate surface area is 132 Å². The second-order valence-electron chi connectivity index (χ2n) is 5.65. The van der Waals surface area contributed by atoms with Gasteiger partial charge in [0.2, 0.25) is 0 Å². The van der Waals surface area contributed by atoms with Gasteiger partial charge in [-0.25, -0.2) is 0 Å². The van der Waals surface area contributed by atoms with Crippen LogP contribution in [0.4, 0.5) is 0 Å². The van der Waals surface area contributed by atoms with Crippen molar-refractivity contribution in [3.63, 3.8) is 0 Å². The molecule has 0 amide bonds. The van der Waals surface area contributed by atoms with Crippen LogP contribution >= 0.6 is 0 Å². The van der Waals surface area contributed by atoms with E-state index in [-0.39, 0.29) is 6.10 Å². The van der Waals surface area contributed by atoms with Crippen molar-refractivity contribution in [1.82, 2.24) is 10.3 Å². The first-order chi connectivity index (χ1) is 10.6. The van der Waals surface area contributed by atoms with E-state index in [0.29, 0.717) is 13.2 Å². The lowest BCUT2D eigenvalue weighted by Crippen LogP contribution is -2.23. The Kier molecular flexibility index (Phi) is 5.92. The van der Waals surface area contributed by atoms with Crippen molar-refractivity contribution in [2.75, 3.05) is 6.54 Å². The van der Waals surface area contributed by atoms with E-state index in [0.717, 1.165) is 29.1 Å². The molecule has 0 spiro atoms. The molecule has 0 radical (unpaired) electrons. The molecule has 22 heavy (non-hydrogen) atoms. The molecule has 4 nitrogen and oxygen atoms in total. The van der Waals surface area contributed by atoms with Crippen LogP contribution in [0.1, 0.15) is 29.3 Å². The molecular weight excluding hydrogens is 276 g/mol. The van der Waals surface area contributed by atoms with Gasteiger partial charge in [0.1, 0.15) is 12.4 Å². The molecule has 0 aliphatic heterocycles. The molecular formula is C18H24N2O2. The summed E-state index contributed by atoms with van der Waals surface area (Å²) in [6.07, 6.45) is 1.44. The third-order valence-corrected chi connectivity index (χ3v) is 3.38. The molecule has 0 fully saturated rings. The van der Waals surface area contributed by atoms with Gasteiger partial charge < -0.3 is 15.2 Å². The number of nitrogens with zero attached hydrogens (tertiary/aromatic N) is 1. The molecule has 2 rings (SSSR count). The molecule has 1 aromatic heterocycles. The van der Waals surface area contributed by atoms with Gasteiger partial charge in [-0.2, -0.15) is 0 Å². The average molecular weight is 300 g/mol. The van der Waals surface area contributed by atoms with Gasteiger partial charge in [0, 0.05) is 19.3 Å². The summed E-state index contributed by atoms with van der Waals surface area (Å²) in [5.41, 5.74) is 4.35. The lowest BCUT2D eigenvalue weighted by atomic mass is 10.1. The second kappa shape index (κ2) is 7.92. The Morgan fingerprint density at radius 1 is 1.23 bits per heavy atom. The minimum absolute atomic E-state index is 0.330. The third-order valence-electron chi connectivity index (χ3n) is 3.38. The van der Waals surface area contributed by atoms with E-state index in [1.54, 1.807) is 13.1 Å². The van der Waals surface area contributed by atoms with Gasteiger partial charge in [-0.1, -0.05) is 18.2 Å². The smallest absolute Gasteiger partial charge is 0.130 e. The lowest BCUT2D eigenvalue weighted by molar-refractivity contribution is 0.191. The van der Waals surface area contributed by atoms with Gasteiger partial charge in [-0.3, -0.25) is 4.98 Å². The monoisotopic (exact) mass is 300 g/mol. The highest BCUT2D eigenvalue weighted by atomic mass is 16.5. The van der Waals surface area contributed by atoms with Gasteiger partial charge in [-0.15, -0.1) is 0 Å². The second-order valence-corrected chi connectivity index (χ2v) is 5.65. The fraction of sp³-hybridized carbons (Fsp3) is 0.389. The predicted molar refractivity (Wildman–Crippen MR) is 87.9 cm³/mol. The van der Waals surface area contributed by atoms with Crippen molar-refractivity contribution in [1.29, 1.82) is 0 Å². The quantitative estimate of drug-likeness (QED) is 0.825. The molecule has 1 atom stereocenters. The van der Waals surface area contributed by atoms with Crippen LogP contribution in [-0.4, -0.2) is 22.7 Å². The van der Waals surface area contributed by atoms with Crippen molar-refractivity contribution in [3.8, 4) is 5.75 Å². The van der Waals surface area contributed by atoms with E-state index in [1.165, 1.54) is 5.56 Å². The Balaban J connectivity index is 2.00. The minimum Gasteiger partial charge on any atom is -0.487 e. The number of aromatic nitrogens is 1. The van der Waals surface area contributed by atoms with Gasteiger partial charge in [-0.05, 0) is 49.6 Å². The largest absolute Gasteiger partial charge is 0.487 e. The summed E-state index contributed by atoms with van der Waals surface area (Å²) in [4.78, 5) is 4.27. The van der Waals surface area contributed by atoms with E-state index in [2.05, 4.69) is 36.3 Å². The van der Waals surface area contributed by atoms with Crippen molar-refractivity contribution < 1.29 is 9.84 Å². The maximum absolute atomic E-state index is 9.27. The van der Waals surface area contributed by atoms with Gasteiger partial charge in [0.25, 0.3) is 0 Å². The Bertz CT molecular complexity index is 574. The minimum atomic E-state index is -0.330. The van der Waals surface area contributed by atoms with Crippen molar-refractivity contribution in [2.24, 2.45) is 0 Å². The van der Waals surface area contributed by atoms with Crippen LogP contribution in [0.15, 0.2) is 36.5 Å². The molecule has 1 aromatic carbocycles. The zero-order chi connectivity index (χ0) is 15.9. The molecule has 2 aromatic rings. The van der Waals surface area contributed by atoms with E-state index in [9.17, 15) is 5.11 Å². The molecule has 4 heteroatoms. The molecule has 0 aliphatic carbocycles. The number of aliphatic hydroxyl groups is 1. The number of rotatable bonds is 7. The number of nitrogens with one attached hydrogen (secondary N) is 1. The number of hydrogen-bond acceptors (Lipinski definition) is 4. The van der Waals surface area contributed by atoms with Crippen LogP contribution in [-0.2, 0) is 13.2 Å². The maximum Gasteiger partial charge on any atom is 0.130 e. The predicted octanol–water partition coefficient (Wildman–Crippen LogP) is 2.75. The summed E-state index contributed by atoms with van der Waals surface area (Å²) in [5.74, 6) is 0.921. The zero-order valence-corrected chi connectivity index (χ0v) is 13.5. The summed E-state index contributed by atoms with van der Waals surface area (Å²) in [5, 5.41) is 12.5. The van der Waals surface area contributed by atoms with Crippen LogP contribution in [0.2, 0.25) is 0 Å². The number of pyridine rings is 1. The summed E-state index contributed by atoms with van der Waals surface area (Å²) in [6.45, 7) is 7.70. The Hall–Kier alpha value is -1.91. The number of aryl methyl sites for hydroxylation is 2. The third kappa shape index (κ3) is 4.83. The molecule has 118 valence electrons. The van der Waals surface area contributed by atoms with Crippen LogP contribution in [0.3, 0.4) is 0 Å². The normalized spacial score (nSPS) is 12.2. The van der Waals surface area contributed by atoms with E-state index in [1.807, 2.05) is 18.2 Å². The number of ether oxygens (including phenoxy) is 1. The average Bonchev–Trinajstić information content (AvgIpc) is 2.47.